The molecule has 0 radical (unpaired) electrons. The smallest absolute Gasteiger partial charge is 0.193 e. The largest absolute Gasteiger partial charge is 0.355 e. The molecule has 0 atom stereocenters. The van der Waals surface area contributed by atoms with Crippen molar-refractivity contribution in [2.24, 2.45) is 4.99 Å². The van der Waals surface area contributed by atoms with Gasteiger partial charge < -0.3 is 15.1 Å². The zero-order chi connectivity index (χ0) is 18.6. The number of halogens is 1. The number of guanidine groups is 1. The van der Waals surface area contributed by atoms with Gasteiger partial charge in [-0.05, 0) is 32.7 Å². The minimum Gasteiger partial charge on any atom is -0.355 e. The van der Waals surface area contributed by atoms with Crippen LogP contribution in [0.25, 0.3) is 0 Å². The number of hydrogen-bond donors (Lipinski definition) is 1. The Balaban J connectivity index is 0.00000261. The molecule has 0 bridgehead atoms. The summed E-state index contributed by atoms with van der Waals surface area (Å²) in [4.78, 5) is 9.09. The summed E-state index contributed by atoms with van der Waals surface area (Å²) >= 11 is 0. The molecule has 3 rings (SSSR count). The summed E-state index contributed by atoms with van der Waals surface area (Å²) < 4.78 is 25.0. The predicted octanol–water partition coefficient (Wildman–Crippen LogP) is 2.49. The van der Waals surface area contributed by atoms with E-state index in [1.165, 1.54) is 25.7 Å². The summed E-state index contributed by atoms with van der Waals surface area (Å²) in [6.45, 7) is 3.02. The van der Waals surface area contributed by atoms with Crippen molar-refractivity contribution in [2.45, 2.75) is 68.6 Å². The Labute approximate surface area is 182 Å². The van der Waals surface area contributed by atoms with Crippen molar-refractivity contribution in [3.63, 3.8) is 0 Å². The zero-order valence-electron chi connectivity index (χ0n) is 17.0. The molecule has 1 N–H and O–H groups in total. The predicted molar refractivity (Wildman–Crippen MR) is 123 cm³/mol. The van der Waals surface area contributed by atoms with Gasteiger partial charge in [0.05, 0.1) is 10.5 Å². The maximum Gasteiger partial charge on any atom is 0.193 e. The van der Waals surface area contributed by atoms with E-state index in [0.29, 0.717) is 13.1 Å². The quantitative estimate of drug-likeness (QED) is 0.356. The lowest BCUT2D eigenvalue weighted by molar-refractivity contribution is 0.245. The SMILES string of the molecule is CN=C(NCCN(C)C1CCCC1)N1CCS(=O)(=O)C2(CCCCC2)C1.I. The van der Waals surface area contributed by atoms with Gasteiger partial charge in [-0.2, -0.15) is 0 Å². The summed E-state index contributed by atoms with van der Waals surface area (Å²) in [7, 11) is 1.02. The fraction of sp³-hybridized carbons (Fsp3) is 0.947. The molecule has 0 aromatic rings. The van der Waals surface area contributed by atoms with Gasteiger partial charge in [0.25, 0.3) is 0 Å². The van der Waals surface area contributed by atoms with Crippen LogP contribution in [-0.4, -0.2) is 81.0 Å². The lowest BCUT2D eigenvalue weighted by Crippen LogP contribution is -2.60. The van der Waals surface area contributed by atoms with Gasteiger partial charge in [-0.3, -0.25) is 4.99 Å². The fourth-order valence-corrected chi connectivity index (χ4v) is 7.18. The first-order valence-corrected chi connectivity index (χ1v) is 12.0. The van der Waals surface area contributed by atoms with Crippen LogP contribution in [0.2, 0.25) is 0 Å². The topological polar surface area (TPSA) is 65.0 Å². The highest BCUT2D eigenvalue weighted by Gasteiger charge is 2.48. The number of sulfone groups is 1. The van der Waals surface area contributed by atoms with Crippen LogP contribution in [0.3, 0.4) is 0 Å². The molecule has 2 aliphatic carbocycles. The maximum atomic E-state index is 12.8. The van der Waals surface area contributed by atoms with Crippen molar-refractivity contribution in [2.75, 3.05) is 46.0 Å². The Hall–Kier alpha value is -0.0900. The molecule has 27 heavy (non-hydrogen) atoms. The Kier molecular flexibility index (Phi) is 8.67. The normalized spacial score (nSPS) is 25.6. The maximum absolute atomic E-state index is 12.8. The van der Waals surface area contributed by atoms with Crippen molar-refractivity contribution in [1.29, 1.82) is 0 Å². The van der Waals surface area contributed by atoms with E-state index >= 15 is 0 Å². The molecule has 2 saturated carbocycles. The first-order valence-electron chi connectivity index (χ1n) is 10.4. The molecule has 3 fully saturated rings. The molecule has 1 aliphatic heterocycles. The van der Waals surface area contributed by atoms with Crippen molar-refractivity contribution >= 4 is 39.8 Å². The van der Waals surface area contributed by atoms with Gasteiger partial charge in [-0.1, -0.05) is 32.1 Å². The summed E-state index contributed by atoms with van der Waals surface area (Å²) in [5, 5.41) is 3.48. The summed E-state index contributed by atoms with van der Waals surface area (Å²) in [6, 6.07) is 0.726. The number of nitrogens with zero attached hydrogens (tertiary/aromatic N) is 3. The Morgan fingerprint density at radius 2 is 1.85 bits per heavy atom. The number of likely N-dealkylation sites (N-methyl/N-ethyl adjacent to an activating group) is 1. The molecule has 0 unspecified atom stereocenters. The van der Waals surface area contributed by atoms with Crippen LogP contribution in [0.4, 0.5) is 0 Å². The third-order valence-electron chi connectivity index (χ3n) is 6.74. The average molecular weight is 513 g/mol. The van der Waals surface area contributed by atoms with Crippen molar-refractivity contribution < 1.29 is 8.42 Å². The van der Waals surface area contributed by atoms with Crippen LogP contribution in [0, 0.1) is 0 Å². The van der Waals surface area contributed by atoms with E-state index in [-0.39, 0.29) is 29.7 Å². The molecule has 1 spiro atoms. The van der Waals surface area contributed by atoms with E-state index in [0.717, 1.165) is 57.2 Å². The highest BCUT2D eigenvalue weighted by molar-refractivity contribution is 14.0. The van der Waals surface area contributed by atoms with E-state index in [9.17, 15) is 8.42 Å². The molecule has 0 aromatic carbocycles. The second kappa shape index (κ2) is 10.1. The molecular formula is C19H37IN4O2S. The van der Waals surface area contributed by atoms with Gasteiger partial charge in [0, 0.05) is 39.3 Å². The highest BCUT2D eigenvalue weighted by atomic mass is 127. The Bertz CT molecular complexity index is 599. The van der Waals surface area contributed by atoms with E-state index in [2.05, 4.69) is 27.2 Å². The summed E-state index contributed by atoms with van der Waals surface area (Å²) in [5.74, 6) is 1.13. The lowest BCUT2D eigenvalue weighted by Gasteiger charge is -2.45. The first-order chi connectivity index (χ1) is 12.5. The van der Waals surface area contributed by atoms with Crippen LogP contribution < -0.4 is 5.32 Å². The third-order valence-corrected chi connectivity index (χ3v) is 9.32. The van der Waals surface area contributed by atoms with Crippen molar-refractivity contribution in [3.05, 3.63) is 0 Å². The number of aliphatic imine (C=N–C) groups is 1. The van der Waals surface area contributed by atoms with Gasteiger partial charge in [-0.15, -0.1) is 24.0 Å². The van der Waals surface area contributed by atoms with Crippen molar-refractivity contribution in [1.82, 2.24) is 15.1 Å². The van der Waals surface area contributed by atoms with Gasteiger partial charge in [0.15, 0.2) is 15.8 Å². The van der Waals surface area contributed by atoms with Gasteiger partial charge in [0.1, 0.15) is 0 Å². The molecule has 158 valence electrons. The number of nitrogens with one attached hydrogen (secondary N) is 1. The zero-order valence-corrected chi connectivity index (χ0v) is 20.1. The van der Waals surface area contributed by atoms with Gasteiger partial charge in [0.2, 0.25) is 0 Å². The number of hydrogen-bond acceptors (Lipinski definition) is 4. The second-order valence-corrected chi connectivity index (χ2v) is 10.9. The standard InChI is InChI=1S/C19H36N4O2S.HI/c1-20-18(21-12-13-22(2)17-8-4-5-9-17)23-14-15-26(24,25)19(16-23)10-6-3-7-11-19;/h17H,3-16H2,1-2H3,(H,20,21);1H. The van der Waals surface area contributed by atoms with Crippen LogP contribution in [0.5, 0.6) is 0 Å². The molecule has 0 amide bonds. The first kappa shape index (κ1) is 23.2. The van der Waals surface area contributed by atoms with Gasteiger partial charge >= 0.3 is 0 Å². The third kappa shape index (κ3) is 5.29. The fourth-order valence-electron chi connectivity index (χ4n) is 5.02. The van der Waals surface area contributed by atoms with E-state index in [4.69, 9.17) is 0 Å². The molecule has 1 heterocycles. The highest BCUT2D eigenvalue weighted by Crippen LogP contribution is 2.38. The van der Waals surface area contributed by atoms with E-state index in [1.54, 1.807) is 7.05 Å². The van der Waals surface area contributed by atoms with Crippen LogP contribution in [-0.2, 0) is 9.84 Å². The molecule has 8 heteroatoms. The minimum atomic E-state index is -3.00. The molecule has 0 aromatic heterocycles. The van der Waals surface area contributed by atoms with E-state index < -0.39 is 14.6 Å². The van der Waals surface area contributed by atoms with Crippen molar-refractivity contribution in [3.8, 4) is 0 Å². The van der Waals surface area contributed by atoms with Crippen LogP contribution >= 0.6 is 24.0 Å². The molecule has 1 saturated heterocycles. The lowest BCUT2D eigenvalue weighted by atomic mass is 9.87. The van der Waals surface area contributed by atoms with E-state index in [1.807, 2.05) is 0 Å². The van der Waals surface area contributed by atoms with Crippen LogP contribution in [0.1, 0.15) is 57.8 Å². The van der Waals surface area contributed by atoms with Gasteiger partial charge in [-0.25, -0.2) is 8.42 Å². The summed E-state index contributed by atoms with van der Waals surface area (Å²) in [5.41, 5.74) is 0. The Morgan fingerprint density at radius 1 is 1.19 bits per heavy atom. The minimum absolute atomic E-state index is 0. The van der Waals surface area contributed by atoms with Crippen LogP contribution in [0.15, 0.2) is 4.99 Å². The molecule has 6 nitrogen and oxygen atoms in total. The molecule has 3 aliphatic rings. The number of rotatable bonds is 4. The Morgan fingerprint density at radius 3 is 2.48 bits per heavy atom. The second-order valence-electron chi connectivity index (χ2n) is 8.38. The molecular weight excluding hydrogens is 475 g/mol. The summed E-state index contributed by atoms with van der Waals surface area (Å²) in [6.07, 6.45) is 10.2. The monoisotopic (exact) mass is 512 g/mol. The average Bonchev–Trinajstić information content (AvgIpc) is 3.17.